The summed E-state index contributed by atoms with van der Waals surface area (Å²) in [5, 5.41) is 0.840. The summed E-state index contributed by atoms with van der Waals surface area (Å²) in [6.45, 7) is 4.05. The molecule has 0 aliphatic heterocycles. The lowest BCUT2D eigenvalue weighted by molar-refractivity contribution is 0.482. The highest BCUT2D eigenvalue weighted by Gasteiger charge is 2.18. The fraction of sp³-hybridized carbons (Fsp3) is 0.538. The van der Waals surface area contributed by atoms with E-state index in [4.69, 9.17) is 0 Å². The second-order valence-corrected chi connectivity index (χ2v) is 7.04. The van der Waals surface area contributed by atoms with Crippen molar-refractivity contribution in [2.24, 2.45) is 5.92 Å². The van der Waals surface area contributed by atoms with Gasteiger partial charge < -0.3 is 0 Å². The summed E-state index contributed by atoms with van der Waals surface area (Å²) >= 11 is 3.35. The molecule has 1 rings (SSSR count). The third-order valence-electron chi connectivity index (χ3n) is 3.10. The molecule has 108 valence electrons. The summed E-state index contributed by atoms with van der Waals surface area (Å²) in [6, 6.07) is 3.79. The van der Waals surface area contributed by atoms with Crippen molar-refractivity contribution in [3.8, 4) is 0 Å². The Labute approximate surface area is 122 Å². The third kappa shape index (κ3) is 4.85. The fourth-order valence-corrected chi connectivity index (χ4v) is 3.79. The van der Waals surface area contributed by atoms with Crippen molar-refractivity contribution in [1.29, 1.82) is 0 Å². The first kappa shape index (κ1) is 16.6. The number of halogens is 2. The standard InChI is InChI=1S/C13H19BrFNO2S/c1-3-11(6-7-14)9-16-19(17,18)13-8-12(15)5-4-10(13)2/h4-5,8,11,16H,3,6-7,9H2,1-2H3. The maximum atomic E-state index is 13.2. The molecule has 6 heteroatoms. The normalized spacial score (nSPS) is 13.5. The minimum absolute atomic E-state index is 0.0150. The molecule has 0 spiro atoms. The summed E-state index contributed by atoms with van der Waals surface area (Å²) in [6.07, 6.45) is 1.80. The van der Waals surface area contributed by atoms with E-state index in [0.717, 1.165) is 24.2 Å². The second-order valence-electron chi connectivity index (χ2n) is 4.51. The Hall–Kier alpha value is -0.460. The Kier molecular flexibility index (Phi) is 6.42. The Balaban J connectivity index is 2.83. The number of aryl methyl sites for hydroxylation is 1. The summed E-state index contributed by atoms with van der Waals surface area (Å²) < 4.78 is 40.0. The number of benzene rings is 1. The zero-order chi connectivity index (χ0) is 14.5. The minimum Gasteiger partial charge on any atom is -0.211 e. The molecular weight excluding hydrogens is 333 g/mol. The van der Waals surface area contributed by atoms with Crippen LogP contribution in [0.15, 0.2) is 23.1 Å². The van der Waals surface area contributed by atoms with Crippen LogP contribution in [0.1, 0.15) is 25.3 Å². The highest BCUT2D eigenvalue weighted by atomic mass is 79.9. The van der Waals surface area contributed by atoms with E-state index in [1.165, 1.54) is 12.1 Å². The third-order valence-corrected chi connectivity index (χ3v) is 5.12. The van der Waals surface area contributed by atoms with Crippen molar-refractivity contribution in [3.05, 3.63) is 29.6 Å². The largest absolute Gasteiger partial charge is 0.240 e. The lowest BCUT2D eigenvalue weighted by Gasteiger charge is -2.15. The maximum Gasteiger partial charge on any atom is 0.240 e. The van der Waals surface area contributed by atoms with E-state index in [0.29, 0.717) is 12.1 Å². The fourth-order valence-electron chi connectivity index (χ4n) is 1.77. The number of hydrogen-bond acceptors (Lipinski definition) is 2. The molecule has 3 nitrogen and oxygen atoms in total. The van der Waals surface area contributed by atoms with E-state index >= 15 is 0 Å². The lowest BCUT2D eigenvalue weighted by atomic mass is 10.0. The molecule has 0 bridgehead atoms. The van der Waals surface area contributed by atoms with Crippen molar-refractivity contribution in [1.82, 2.24) is 4.72 Å². The van der Waals surface area contributed by atoms with Gasteiger partial charge in [0.2, 0.25) is 10.0 Å². The SMILES string of the molecule is CCC(CCBr)CNS(=O)(=O)c1cc(F)ccc1C. The summed E-state index contributed by atoms with van der Waals surface area (Å²) in [7, 11) is -3.64. The zero-order valence-electron chi connectivity index (χ0n) is 11.1. The molecule has 1 aromatic rings. The van der Waals surface area contributed by atoms with Crippen LogP contribution in [-0.4, -0.2) is 20.3 Å². The van der Waals surface area contributed by atoms with Gasteiger partial charge in [0.25, 0.3) is 0 Å². The van der Waals surface area contributed by atoms with Crippen LogP contribution in [0.2, 0.25) is 0 Å². The van der Waals surface area contributed by atoms with Gasteiger partial charge in [0.15, 0.2) is 0 Å². The quantitative estimate of drug-likeness (QED) is 0.766. The number of hydrogen-bond donors (Lipinski definition) is 1. The Morgan fingerprint density at radius 3 is 2.68 bits per heavy atom. The molecule has 1 atom stereocenters. The van der Waals surface area contributed by atoms with Gasteiger partial charge in [-0.15, -0.1) is 0 Å². The van der Waals surface area contributed by atoms with Crippen molar-refractivity contribution < 1.29 is 12.8 Å². The molecule has 0 saturated heterocycles. The molecule has 0 amide bonds. The van der Waals surface area contributed by atoms with Gasteiger partial charge in [-0.25, -0.2) is 17.5 Å². The zero-order valence-corrected chi connectivity index (χ0v) is 13.5. The van der Waals surface area contributed by atoms with Crippen molar-refractivity contribution >= 4 is 26.0 Å². The van der Waals surface area contributed by atoms with Crippen molar-refractivity contribution in [3.63, 3.8) is 0 Å². The summed E-state index contributed by atoms with van der Waals surface area (Å²) in [5.74, 6) is -0.263. The van der Waals surface area contributed by atoms with E-state index in [2.05, 4.69) is 20.7 Å². The summed E-state index contributed by atoms with van der Waals surface area (Å²) in [5.41, 5.74) is 0.544. The van der Waals surface area contributed by atoms with Gasteiger partial charge in [-0.2, -0.15) is 0 Å². The molecule has 0 radical (unpaired) electrons. The predicted molar refractivity (Wildman–Crippen MR) is 78.5 cm³/mol. The molecule has 0 aliphatic carbocycles. The Bertz CT molecular complexity index is 519. The number of rotatable bonds is 7. The van der Waals surface area contributed by atoms with Crippen LogP contribution >= 0.6 is 15.9 Å². The maximum absolute atomic E-state index is 13.2. The van der Waals surface area contributed by atoms with Gasteiger partial charge in [-0.05, 0) is 37.0 Å². The summed E-state index contributed by atoms with van der Waals surface area (Å²) in [4.78, 5) is 0.0150. The topological polar surface area (TPSA) is 46.2 Å². The average Bonchev–Trinajstić information content (AvgIpc) is 2.37. The van der Waals surface area contributed by atoms with E-state index in [9.17, 15) is 12.8 Å². The molecule has 19 heavy (non-hydrogen) atoms. The van der Waals surface area contributed by atoms with E-state index < -0.39 is 15.8 Å². The second kappa shape index (κ2) is 7.36. The predicted octanol–water partition coefficient (Wildman–Crippen LogP) is 3.22. The van der Waals surface area contributed by atoms with Crippen LogP contribution in [0.5, 0.6) is 0 Å². The lowest BCUT2D eigenvalue weighted by Crippen LogP contribution is -2.30. The van der Waals surface area contributed by atoms with Gasteiger partial charge in [-0.1, -0.05) is 35.3 Å². The van der Waals surface area contributed by atoms with Gasteiger partial charge >= 0.3 is 0 Å². The Morgan fingerprint density at radius 1 is 1.42 bits per heavy atom. The van der Waals surface area contributed by atoms with E-state index in [1.54, 1.807) is 6.92 Å². The molecule has 0 aliphatic rings. The van der Waals surface area contributed by atoms with Crippen LogP contribution in [0.4, 0.5) is 4.39 Å². The first-order valence-electron chi connectivity index (χ1n) is 6.22. The van der Waals surface area contributed by atoms with Crippen LogP contribution in [-0.2, 0) is 10.0 Å². The molecule has 0 saturated carbocycles. The van der Waals surface area contributed by atoms with Crippen LogP contribution in [0.25, 0.3) is 0 Å². The van der Waals surface area contributed by atoms with Gasteiger partial charge in [0.1, 0.15) is 5.82 Å². The molecule has 0 heterocycles. The van der Waals surface area contributed by atoms with Crippen molar-refractivity contribution in [2.75, 3.05) is 11.9 Å². The number of nitrogens with one attached hydrogen (secondary N) is 1. The molecule has 1 aromatic carbocycles. The van der Waals surface area contributed by atoms with Crippen LogP contribution in [0.3, 0.4) is 0 Å². The average molecular weight is 352 g/mol. The highest BCUT2D eigenvalue weighted by Crippen LogP contribution is 2.17. The van der Waals surface area contributed by atoms with Gasteiger partial charge in [0, 0.05) is 11.9 Å². The van der Waals surface area contributed by atoms with Gasteiger partial charge in [0.05, 0.1) is 4.90 Å². The smallest absolute Gasteiger partial charge is 0.211 e. The highest BCUT2D eigenvalue weighted by molar-refractivity contribution is 9.09. The molecular formula is C13H19BrFNO2S. The number of sulfonamides is 1. The first-order valence-corrected chi connectivity index (χ1v) is 8.83. The van der Waals surface area contributed by atoms with Crippen molar-refractivity contribution in [2.45, 2.75) is 31.6 Å². The number of alkyl halides is 1. The van der Waals surface area contributed by atoms with Crippen LogP contribution < -0.4 is 4.72 Å². The monoisotopic (exact) mass is 351 g/mol. The molecule has 0 aromatic heterocycles. The molecule has 1 unspecified atom stereocenters. The molecule has 1 N–H and O–H groups in total. The van der Waals surface area contributed by atoms with E-state index in [-0.39, 0.29) is 10.8 Å². The van der Waals surface area contributed by atoms with Gasteiger partial charge in [-0.3, -0.25) is 0 Å². The van der Waals surface area contributed by atoms with Crippen LogP contribution in [0, 0.1) is 18.7 Å². The molecule has 0 fully saturated rings. The van der Waals surface area contributed by atoms with E-state index in [1.807, 2.05) is 6.92 Å². The minimum atomic E-state index is -3.64. The Morgan fingerprint density at radius 2 is 2.11 bits per heavy atom. The first-order chi connectivity index (χ1) is 8.90.